The number of nitrogens with zero attached hydrogens (tertiary/aromatic N) is 2. The number of nitrogens with two attached hydrogens (primary N) is 1. The molecule has 0 bridgehead atoms. The molecule has 0 amide bonds. The number of ether oxygens (including phenoxy) is 1. The summed E-state index contributed by atoms with van der Waals surface area (Å²) in [6, 6.07) is 6.53. The fraction of sp³-hybridized carbons (Fsp3) is 0.0588. The Bertz CT molecular complexity index is 1150. The number of carbonyl (C=O) groups excluding carboxylic acids is 2. The van der Waals surface area contributed by atoms with Gasteiger partial charge in [-0.05, 0) is 36.8 Å². The van der Waals surface area contributed by atoms with E-state index in [0.29, 0.717) is 21.7 Å². The topological polar surface area (TPSA) is 104 Å². The molecule has 124 valence electrons. The van der Waals surface area contributed by atoms with Gasteiger partial charge in [0.05, 0.1) is 34.1 Å². The average molecular weight is 356 g/mol. The maximum absolute atomic E-state index is 12.9. The normalized spacial score (nSPS) is 13.2. The maximum atomic E-state index is 12.9. The Morgan fingerprint density at radius 2 is 1.72 bits per heavy atom. The summed E-state index contributed by atoms with van der Waals surface area (Å²) in [5.41, 5.74) is 6.40. The molecule has 0 radical (unpaired) electrons. The third-order valence-electron chi connectivity index (χ3n) is 4.21. The van der Waals surface area contributed by atoms with E-state index in [4.69, 9.17) is 17.3 Å². The quantitative estimate of drug-likeness (QED) is 0.408. The number of cyclic esters (lactones) is 2. The van der Waals surface area contributed by atoms with Crippen molar-refractivity contribution in [3.63, 3.8) is 0 Å². The molecular weight excluding hydrogens is 346 g/mol. The average Bonchev–Trinajstić information content (AvgIpc) is 2.88. The number of hydrogen-bond donors (Lipinski definition) is 1. The Morgan fingerprint density at radius 3 is 2.40 bits per heavy atom. The third kappa shape index (κ3) is 2.06. The van der Waals surface area contributed by atoms with Crippen molar-refractivity contribution in [3.05, 3.63) is 62.5 Å². The number of aromatic nitrogens is 2. The fourth-order valence-corrected chi connectivity index (χ4v) is 3.13. The second-order valence-electron chi connectivity index (χ2n) is 5.59. The van der Waals surface area contributed by atoms with Gasteiger partial charge in [0.15, 0.2) is 0 Å². The number of halogens is 1. The summed E-state index contributed by atoms with van der Waals surface area (Å²) in [5.74, 6) is -1.62. The Morgan fingerprint density at radius 1 is 1.08 bits per heavy atom. The van der Waals surface area contributed by atoms with Crippen LogP contribution in [-0.2, 0) is 4.74 Å². The van der Waals surface area contributed by atoms with Crippen LogP contribution in [0.25, 0.3) is 16.5 Å². The highest BCUT2D eigenvalue weighted by atomic mass is 35.5. The number of hydrogen-bond acceptors (Lipinski definition) is 6. The highest BCUT2D eigenvalue weighted by Gasteiger charge is 2.36. The second kappa shape index (κ2) is 5.15. The van der Waals surface area contributed by atoms with Crippen molar-refractivity contribution in [2.24, 2.45) is 0 Å². The minimum atomic E-state index is -0.850. The van der Waals surface area contributed by atoms with E-state index in [1.165, 1.54) is 6.20 Å². The zero-order valence-corrected chi connectivity index (χ0v) is 13.6. The zero-order valence-electron chi connectivity index (χ0n) is 12.9. The predicted molar refractivity (Wildman–Crippen MR) is 91.2 cm³/mol. The van der Waals surface area contributed by atoms with Crippen LogP contribution in [0.5, 0.6) is 0 Å². The highest BCUT2D eigenvalue weighted by molar-refractivity contribution is 6.30. The van der Waals surface area contributed by atoms with Crippen LogP contribution in [0.2, 0.25) is 5.02 Å². The molecule has 1 aliphatic heterocycles. The SMILES string of the molecule is Cc1c2c(c(N)c3c(=O)n(-c4ccc(Cl)cc4)ncc13)C(=O)OC2=O. The molecule has 3 aromatic rings. The van der Waals surface area contributed by atoms with Gasteiger partial charge in [-0.1, -0.05) is 11.6 Å². The van der Waals surface area contributed by atoms with Gasteiger partial charge in [-0.25, -0.2) is 9.59 Å². The van der Waals surface area contributed by atoms with E-state index in [1.807, 2.05) is 0 Å². The number of anilines is 1. The van der Waals surface area contributed by atoms with Gasteiger partial charge in [-0.2, -0.15) is 9.78 Å². The van der Waals surface area contributed by atoms with Gasteiger partial charge >= 0.3 is 11.9 Å². The third-order valence-corrected chi connectivity index (χ3v) is 4.46. The standard InChI is InChI=1S/C17H10ClN3O4/c1-7-10-6-20-21(9-4-2-8(18)3-5-9)15(22)12(10)14(19)13-11(7)16(23)25-17(13)24/h2-6H,19H2,1H3. The lowest BCUT2D eigenvalue weighted by Gasteiger charge is -2.11. The second-order valence-corrected chi connectivity index (χ2v) is 6.03. The molecule has 0 saturated heterocycles. The molecule has 8 heteroatoms. The lowest BCUT2D eigenvalue weighted by atomic mass is 9.96. The summed E-state index contributed by atoms with van der Waals surface area (Å²) in [7, 11) is 0. The number of nitrogen functional groups attached to an aromatic ring is 1. The minimum absolute atomic E-state index is 0.0686. The number of fused-ring (bicyclic) bond motifs is 2. The van der Waals surface area contributed by atoms with E-state index < -0.39 is 17.5 Å². The Balaban J connectivity index is 2.11. The summed E-state index contributed by atoms with van der Waals surface area (Å²) in [5, 5.41) is 5.19. The molecule has 4 rings (SSSR count). The van der Waals surface area contributed by atoms with Crippen LogP contribution < -0.4 is 11.3 Å². The first kappa shape index (κ1) is 15.3. The molecule has 1 aliphatic rings. The molecular formula is C17H10ClN3O4. The summed E-state index contributed by atoms with van der Waals surface area (Å²) in [4.78, 5) is 36.7. The van der Waals surface area contributed by atoms with Crippen molar-refractivity contribution in [1.29, 1.82) is 0 Å². The van der Waals surface area contributed by atoms with Crippen LogP contribution in [-0.4, -0.2) is 21.7 Å². The van der Waals surface area contributed by atoms with Crippen LogP contribution in [0.1, 0.15) is 26.3 Å². The first-order valence-electron chi connectivity index (χ1n) is 7.26. The predicted octanol–water partition coefficient (Wildman–Crippen LogP) is 2.24. The fourth-order valence-electron chi connectivity index (χ4n) is 3.00. The van der Waals surface area contributed by atoms with Gasteiger partial charge in [-0.3, -0.25) is 4.79 Å². The van der Waals surface area contributed by atoms with Gasteiger partial charge in [-0.15, -0.1) is 0 Å². The van der Waals surface area contributed by atoms with Crippen molar-refractivity contribution in [1.82, 2.24) is 9.78 Å². The molecule has 0 aliphatic carbocycles. The van der Waals surface area contributed by atoms with Crippen LogP contribution in [0.3, 0.4) is 0 Å². The lowest BCUT2D eigenvalue weighted by molar-refractivity contribution is 0.0444. The summed E-state index contributed by atoms with van der Waals surface area (Å²) in [6.07, 6.45) is 1.44. The van der Waals surface area contributed by atoms with E-state index in [0.717, 1.165) is 4.68 Å². The molecule has 0 unspecified atom stereocenters. The highest BCUT2D eigenvalue weighted by Crippen LogP contribution is 2.34. The lowest BCUT2D eigenvalue weighted by Crippen LogP contribution is -2.23. The number of rotatable bonds is 1. The van der Waals surface area contributed by atoms with Crippen LogP contribution >= 0.6 is 11.6 Å². The molecule has 2 N–H and O–H groups in total. The van der Waals surface area contributed by atoms with E-state index in [2.05, 4.69) is 9.84 Å². The summed E-state index contributed by atoms with van der Waals surface area (Å²) in [6.45, 7) is 1.62. The molecule has 0 fully saturated rings. The molecule has 1 aromatic heterocycles. The van der Waals surface area contributed by atoms with Crippen LogP contribution in [0.15, 0.2) is 35.3 Å². The van der Waals surface area contributed by atoms with Crippen LogP contribution in [0.4, 0.5) is 5.69 Å². The smallest absolute Gasteiger partial charge is 0.349 e. The summed E-state index contributed by atoms with van der Waals surface area (Å²) < 4.78 is 5.79. The zero-order chi connectivity index (χ0) is 17.9. The van der Waals surface area contributed by atoms with Crippen molar-refractivity contribution < 1.29 is 14.3 Å². The van der Waals surface area contributed by atoms with Crippen molar-refractivity contribution in [3.8, 4) is 5.69 Å². The summed E-state index contributed by atoms with van der Waals surface area (Å²) >= 11 is 5.86. The first-order chi connectivity index (χ1) is 11.9. The minimum Gasteiger partial charge on any atom is -0.397 e. The molecule has 2 aromatic carbocycles. The number of carbonyl (C=O) groups is 2. The molecule has 0 spiro atoms. The van der Waals surface area contributed by atoms with Crippen molar-refractivity contribution in [2.75, 3.05) is 5.73 Å². The monoisotopic (exact) mass is 355 g/mol. The number of esters is 2. The molecule has 0 saturated carbocycles. The van der Waals surface area contributed by atoms with E-state index >= 15 is 0 Å². The molecule has 0 atom stereocenters. The van der Waals surface area contributed by atoms with E-state index in [-0.39, 0.29) is 22.2 Å². The number of aryl methyl sites for hydroxylation is 1. The van der Waals surface area contributed by atoms with Gasteiger partial charge in [0, 0.05) is 10.4 Å². The van der Waals surface area contributed by atoms with Crippen LogP contribution in [0, 0.1) is 6.92 Å². The van der Waals surface area contributed by atoms with Gasteiger partial charge in [0.1, 0.15) is 0 Å². The Labute approximate surface area is 145 Å². The van der Waals surface area contributed by atoms with Crippen molar-refractivity contribution >= 4 is 40.0 Å². The maximum Gasteiger partial charge on any atom is 0.349 e. The van der Waals surface area contributed by atoms with E-state index in [1.54, 1.807) is 31.2 Å². The Kier molecular flexibility index (Phi) is 3.16. The van der Waals surface area contributed by atoms with Gasteiger partial charge < -0.3 is 10.5 Å². The first-order valence-corrected chi connectivity index (χ1v) is 7.64. The number of benzene rings is 2. The van der Waals surface area contributed by atoms with Crippen molar-refractivity contribution in [2.45, 2.75) is 6.92 Å². The van der Waals surface area contributed by atoms with E-state index in [9.17, 15) is 14.4 Å². The van der Waals surface area contributed by atoms with Gasteiger partial charge in [0.25, 0.3) is 5.56 Å². The van der Waals surface area contributed by atoms with Gasteiger partial charge in [0.2, 0.25) is 0 Å². The Hall–Kier alpha value is -3.19. The molecule has 25 heavy (non-hydrogen) atoms. The molecule has 2 heterocycles. The molecule has 7 nitrogen and oxygen atoms in total. The largest absolute Gasteiger partial charge is 0.397 e.